The normalized spacial score (nSPS) is 12.5. The molecule has 0 amide bonds. The zero-order valence-corrected chi connectivity index (χ0v) is 21.3. The van der Waals surface area contributed by atoms with Crippen LogP contribution in [0.4, 0.5) is 5.69 Å². The number of fused-ring (bicyclic) bond motifs is 1. The Morgan fingerprint density at radius 2 is 1.71 bits per heavy atom. The molecule has 0 fully saturated rings. The number of benzene rings is 1. The summed E-state index contributed by atoms with van der Waals surface area (Å²) in [7, 11) is 4.14. The van der Waals surface area contributed by atoms with Gasteiger partial charge in [-0.1, -0.05) is 0 Å². The predicted molar refractivity (Wildman–Crippen MR) is 131 cm³/mol. The molecule has 190 valence electrons. The van der Waals surface area contributed by atoms with E-state index in [0.717, 1.165) is 38.8 Å². The Labute approximate surface area is 213 Å². The van der Waals surface area contributed by atoms with Crippen LogP contribution in [-0.2, 0) is 20.8 Å². The molecule has 0 aliphatic carbocycles. The monoisotopic (exact) mass is 572 g/mol. The standard InChI is InChI=1S/C16H17BrN2O2S.C6H8O7/c1-19(2)6-5-11-7-14-15(21-10-20-14)8-13(11)18-9-12-3-4-16(17)22-12;7-3(8)1-6(13,5(11)12)2-4(9)10/h3-4,7-9H,5-6,10H2,1-2H3;13H,1-2H2,(H,7,8)(H,9,10)(H,11,12). The molecule has 0 radical (unpaired) electrons. The minimum atomic E-state index is -2.74. The SMILES string of the molecule is CN(C)CCc1cc2c(cc1N=Cc1ccc(Br)s1)OCO2.O=C(O)CC(O)(CC(=O)O)C(=O)O. The summed E-state index contributed by atoms with van der Waals surface area (Å²) in [5.74, 6) is -3.44. The molecule has 0 spiro atoms. The van der Waals surface area contributed by atoms with E-state index in [4.69, 9.17) is 29.9 Å². The molecule has 35 heavy (non-hydrogen) atoms. The van der Waals surface area contributed by atoms with E-state index in [-0.39, 0.29) is 6.79 Å². The number of rotatable bonds is 10. The topological polar surface area (TPSA) is 166 Å². The highest BCUT2D eigenvalue weighted by atomic mass is 79.9. The first-order valence-electron chi connectivity index (χ1n) is 10.2. The lowest BCUT2D eigenvalue weighted by Gasteiger charge is -2.18. The van der Waals surface area contributed by atoms with E-state index < -0.39 is 36.4 Å². The second-order valence-electron chi connectivity index (χ2n) is 7.77. The van der Waals surface area contributed by atoms with Crippen molar-refractivity contribution in [2.45, 2.75) is 24.9 Å². The van der Waals surface area contributed by atoms with Crippen molar-refractivity contribution in [1.82, 2.24) is 4.90 Å². The number of thiophene rings is 1. The number of aliphatic carboxylic acids is 3. The molecule has 1 aliphatic rings. The smallest absolute Gasteiger partial charge is 0.336 e. The number of ether oxygens (including phenoxy) is 2. The summed E-state index contributed by atoms with van der Waals surface area (Å²) in [5, 5.41) is 33.8. The van der Waals surface area contributed by atoms with Gasteiger partial charge in [0.2, 0.25) is 6.79 Å². The molecule has 11 nitrogen and oxygen atoms in total. The van der Waals surface area contributed by atoms with Gasteiger partial charge < -0.3 is 34.8 Å². The summed E-state index contributed by atoms with van der Waals surface area (Å²) in [5.41, 5.74) is -0.627. The molecule has 1 aliphatic heterocycles. The van der Waals surface area contributed by atoms with Gasteiger partial charge in [-0.05, 0) is 60.2 Å². The molecule has 2 aromatic rings. The van der Waals surface area contributed by atoms with Crippen molar-refractivity contribution in [3.8, 4) is 11.5 Å². The van der Waals surface area contributed by atoms with Crippen LogP contribution < -0.4 is 9.47 Å². The van der Waals surface area contributed by atoms with Gasteiger partial charge in [0.15, 0.2) is 17.1 Å². The van der Waals surface area contributed by atoms with E-state index in [9.17, 15) is 14.4 Å². The Morgan fingerprint density at radius 3 is 2.20 bits per heavy atom. The maximum absolute atomic E-state index is 10.3. The quantitative estimate of drug-likeness (QED) is 0.311. The highest BCUT2D eigenvalue weighted by molar-refractivity contribution is 9.11. The van der Waals surface area contributed by atoms with Crippen LogP contribution in [-0.4, -0.2) is 82.5 Å². The van der Waals surface area contributed by atoms with Crippen molar-refractivity contribution in [3.63, 3.8) is 0 Å². The second-order valence-corrected chi connectivity index (χ2v) is 10.3. The lowest BCUT2D eigenvalue weighted by Crippen LogP contribution is -2.42. The van der Waals surface area contributed by atoms with Gasteiger partial charge in [-0.3, -0.25) is 14.6 Å². The van der Waals surface area contributed by atoms with Crippen molar-refractivity contribution in [3.05, 3.63) is 38.5 Å². The highest BCUT2D eigenvalue weighted by Crippen LogP contribution is 2.38. The largest absolute Gasteiger partial charge is 0.481 e. The summed E-state index contributed by atoms with van der Waals surface area (Å²) in [6.45, 7) is 1.25. The molecule has 1 aromatic carbocycles. The van der Waals surface area contributed by atoms with E-state index in [0.29, 0.717) is 0 Å². The molecule has 0 saturated heterocycles. The Balaban J connectivity index is 0.000000287. The van der Waals surface area contributed by atoms with Gasteiger partial charge in [-0.15, -0.1) is 11.3 Å². The number of carboxylic acid groups (broad SMARTS) is 3. The molecule has 0 atom stereocenters. The highest BCUT2D eigenvalue weighted by Gasteiger charge is 2.40. The van der Waals surface area contributed by atoms with E-state index in [2.05, 4.69) is 39.9 Å². The lowest BCUT2D eigenvalue weighted by molar-refractivity contribution is -0.170. The van der Waals surface area contributed by atoms with Crippen LogP contribution in [0.2, 0.25) is 0 Å². The molecule has 4 N–H and O–H groups in total. The van der Waals surface area contributed by atoms with Gasteiger partial charge >= 0.3 is 17.9 Å². The number of carbonyl (C=O) groups is 3. The van der Waals surface area contributed by atoms with E-state index in [1.165, 1.54) is 5.56 Å². The Bertz CT molecular complexity index is 1080. The third kappa shape index (κ3) is 8.94. The summed E-state index contributed by atoms with van der Waals surface area (Å²) in [6, 6.07) is 8.08. The lowest BCUT2D eigenvalue weighted by atomic mass is 9.96. The average Bonchev–Trinajstić information content (AvgIpc) is 3.37. The van der Waals surface area contributed by atoms with Crippen molar-refractivity contribution in [2.24, 2.45) is 4.99 Å². The van der Waals surface area contributed by atoms with Crippen LogP contribution in [0.25, 0.3) is 0 Å². The summed E-state index contributed by atoms with van der Waals surface area (Å²) in [4.78, 5) is 38.4. The Kier molecular flexibility index (Phi) is 10.2. The van der Waals surface area contributed by atoms with Crippen molar-refractivity contribution < 1.29 is 44.3 Å². The van der Waals surface area contributed by atoms with Gasteiger partial charge in [0, 0.05) is 23.7 Å². The van der Waals surface area contributed by atoms with E-state index >= 15 is 0 Å². The van der Waals surface area contributed by atoms with Crippen molar-refractivity contribution >= 4 is 57.1 Å². The maximum Gasteiger partial charge on any atom is 0.336 e. The van der Waals surface area contributed by atoms with Crippen molar-refractivity contribution in [2.75, 3.05) is 27.4 Å². The van der Waals surface area contributed by atoms with Crippen LogP contribution in [0.3, 0.4) is 0 Å². The maximum atomic E-state index is 10.3. The fraction of sp³-hybridized carbons (Fsp3) is 0.364. The molecule has 0 bridgehead atoms. The fourth-order valence-electron chi connectivity index (χ4n) is 2.88. The number of aliphatic imine (C=N–C) groups is 1. The van der Waals surface area contributed by atoms with Gasteiger partial charge in [-0.25, -0.2) is 4.79 Å². The van der Waals surface area contributed by atoms with Gasteiger partial charge in [-0.2, -0.15) is 0 Å². The minimum absolute atomic E-state index is 0.285. The number of aliphatic hydroxyl groups is 1. The average molecular weight is 573 g/mol. The Hall–Kier alpha value is -3.00. The molecule has 13 heteroatoms. The number of carboxylic acids is 3. The first kappa shape index (κ1) is 28.2. The molecule has 2 heterocycles. The molecular formula is C22H25BrN2O9S. The zero-order valence-electron chi connectivity index (χ0n) is 18.9. The molecule has 0 saturated carbocycles. The first-order chi connectivity index (χ1) is 16.4. The second kappa shape index (κ2) is 12.6. The number of hydrogen-bond donors (Lipinski definition) is 4. The predicted octanol–water partition coefficient (Wildman–Crippen LogP) is 2.85. The first-order valence-corrected chi connectivity index (χ1v) is 11.8. The Morgan fingerprint density at radius 1 is 1.11 bits per heavy atom. The van der Waals surface area contributed by atoms with Gasteiger partial charge in [0.1, 0.15) is 0 Å². The number of likely N-dealkylation sites (N-methyl/N-ethyl adjacent to an activating group) is 1. The summed E-state index contributed by atoms with van der Waals surface area (Å²) >= 11 is 5.13. The number of nitrogens with zero attached hydrogens (tertiary/aromatic N) is 2. The van der Waals surface area contributed by atoms with Crippen LogP contribution in [0.1, 0.15) is 23.3 Å². The number of hydrogen-bond acceptors (Lipinski definition) is 9. The van der Waals surface area contributed by atoms with E-state index in [1.54, 1.807) is 11.3 Å². The summed E-state index contributed by atoms with van der Waals surface area (Å²) in [6.07, 6.45) is 0.528. The van der Waals surface area contributed by atoms with Gasteiger partial charge in [0.05, 0.1) is 22.3 Å². The summed E-state index contributed by atoms with van der Waals surface area (Å²) < 4.78 is 12.0. The van der Waals surface area contributed by atoms with Crippen LogP contribution in [0.15, 0.2) is 33.0 Å². The van der Waals surface area contributed by atoms with E-state index in [1.807, 2.05) is 30.5 Å². The van der Waals surface area contributed by atoms with Crippen LogP contribution >= 0.6 is 27.3 Å². The minimum Gasteiger partial charge on any atom is -0.481 e. The third-order valence-electron chi connectivity index (χ3n) is 4.61. The third-order valence-corrected chi connectivity index (χ3v) is 6.17. The molecule has 3 rings (SSSR count). The van der Waals surface area contributed by atoms with Crippen molar-refractivity contribution in [1.29, 1.82) is 0 Å². The van der Waals surface area contributed by atoms with Gasteiger partial charge in [0.25, 0.3) is 0 Å². The molecule has 1 aromatic heterocycles. The zero-order chi connectivity index (χ0) is 26.2. The number of halogens is 1. The van der Waals surface area contributed by atoms with Crippen LogP contribution in [0, 0.1) is 0 Å². The van der Waals surface area contributed by atoms with Crippen LogP contribution in [0.5, 0.6) is 11.5 Å². The molecular weight excluding hydrogens is 548 g/mol. The molecule has 0 unspecified atom stereocenters. The fourth-order valence-corrected chi connectivity index (χ4v) is 4.18.